The van der Waals surface area contributed by atoms with E-state index in [-0.39, 0.29) is 11.8 Å². The highest BCUT2D eigenvalue weighted by atomic mass is 16.5. The van der Waals surface area contributed by atoms with Crippen LogP contribution in [0.1, 0.15) is 52.9 Å². The van der Waals surface area contributed by atoms with Crippen LogP contribution in [0, 0.1) is 13.8 Å². The van der Waals surface area contributed by atoms with Crippen molar-refractivity contribution >= 4 is 27.8 Å². The number of likely N-dealkylation sites (tertiary alicyclic amines) is 2. The van der Waals surface area contributed by atoms with Crippen molar-refractivity contribution in [2.45, 2.75) is 58.3 Å². The van der Waals surface area contributed by atoms with Crippen molar-refractivity contribution in [3.05, 3.63) is 65.0 Å². The van der Waals surface area contributed by atoms with Gasteiger partial charge in [0.15, 0.2) is 0 Å². The first kappa shape index (κ1) is 29.1. The zero-order valence-corrected chi connectivity index (χ0v) is 24.1. The molecule has 4 heterocycles. The Morgan fingerprint density at radius 2 is 1.66 bits per heavy atom. The van der Waals surface area contributed by atoms with Crippen LogP contribution >= 0.6 is 0 Å². The molecule has 4 aromatic rings. The Labute approximate surface area is 240 Å². The van der Waals surface area contributed by atoms with Crippen molar-refractivity contribution in [3.8, 4) is 5.75 Å². The number of fused-ring (bicyclic) bond motifs is 2. The number of hydrogen-bond donors (Lipinski definition) is 4. The summed E-state index contributed by atoms with van der Waals surface area (Å²) in [4.78, 5) is 19.0. The van der Waals surface area contributed by atoms with Crippen LogP contribution in [0.25, 0.3) is 21.9 Å². The molecule has 0 saturated carbocycles. The number of nitrogens with two attached hydrogens (primary N) is 1. The summed E-state index contributed by atoms with van der Waals surface area (Å²) in [5.41, 5.74) is 11.0. The van der Waals surface area contributed by atoms with Crippen LogP contribution in [0.3, 0.4) is 0 Å². The highest BCUT2D eigenvalue weighted by Crippen LogP contribution is 2.29. The molecule has 41 heavy (non-hydrogen) atoms. The second-order valence-electron chi connectivity index (χ2n) is 11.4. The van der Waals surface area contributed by atoms with Gasteiger partial charge < -0.3 is 39.9 Å². The first-order valence-corrected chi connectivity index (χ1v) is 14.6. The molecular weight excluding hydrogens is 520 g/mol. The number of carboxylic acid groups (broad SMARTS) is 1. The average molecular weight is 563 g/mol. The van der Waals surface area contributed by atoms with Crippen LogP contribution < -0.4 is 10.5 Å². The van der Waals surface area contributed by atoms with E-state index in [1.54, 1.807) is 12.3 Å². The molecule has 2 aliphatic heterocycles. The summed E-state index contributed by atoms with van der Waals surface area (Å²) in [6.45, 7) is 11.3. The van der Waals surface area contributed by atoms with Crippen LogP contribution in [0.5, 0.6) is 5.75 Å². The number of ether oxygens (including phenoxy) is 1. The molecule has 0 unspecified atom stereocenters. The van der Waals surface area contributed by atoms with Gasteiger partial charge in [-0.05, 0) is 94.1 Å². The van der Waals surface area contributed by atoms with E-state index in [1.165, 1.54) is 17.7 Å². The molecule has 2 aromatic carbocycles. The quantitative estimate of drug-likeness (QED) is 0.256. The van der Waals surface area contributed by atoms with E-state index >= 15 is 0 Å². The molecule has 2 fully saturated rings. The largest absolute Gasteiger partial charge is 0.488 e. The predicted octanol–water partition coefficient (Wildman–Crippen LogP) is 4.67. The highest BCUT2D eigenvalue weighted by molar-refractivity contribution is 5.96. The van der Waals surface area contributed by atoms with Crippen molar-refractivity contribution in [2.75, 3.05) is 39.3 Å². The number of aromatic carboxylic acids is 1. The minimum atomic E-state index is -0.992. The summed E-state index contributed by atoms with van der Waals surface area (Å²) >= 11 is 0. The average Bonchev–Trinajstić information content (AvgIpc) is 3.58. The fraction of sp³-hybridized carbons (Fsp3) is 0.469. The Morgan fingerprint density at radius 3 is 2.34 bits per heavy atom. The molecule has 9 nitrogen and oxygen atoms in total. The number of aryl methyl sites for hydroxylation is 2. The van der Waals surface area contributed by atoms with Crippen molar-refractivity contribution in [3.63, 3.8) is 0 Å². The number of benzene rings is 2. The number of furan rings is 1. The fourth-order valence-corrected chi connectivity index (χ4v) is 5.57. The SMILES string of the molecule is Cc1cc2occ(COc3cccc4[nH]c(C(=O)O)cc34)c2cc1C.NC1CCN(CCN2CCC(O)CC2)CC1. The second-order valence-corrected chi connectivity index (χ2v) is 11.4. The van der Waals surface area contributed by atoms with E-state index < -0.39 is 5.97 Å². The molecule has 0 bridgehead atoms. The zero-order valence-electron chi connectivity index (χ0n) is 24.1. The topological polar surface area (TPSA) is 128 Å². The molecule has 0 spiro atoms. The van der Waals surface area contributed by atoms with Crippen LogP contribution in [0.4, 0.5) is 0 Å². The number of piperidine rings is 2. The zero-order chi connectivity index (χ0) is 28.9. The number of carboxylic acids is 1. The lowest BCUT2D eigenvalue weighted by molar-refractivity contribution is 0.0691. The lowest BCUT2D eigenvalue weighted by Gasteiger charge is -2.34. The summed E-state index contributed by atoms with van der Waals surface area (Å²) in [7, 11) is 0. The Kier molecular flexibility index (Phi) is 9.29. The van der Waals surface area contributed by atoms with E-state index in [4.69, 9.17) is 20.0 Å². The van der Waals surface area contributed by atoms with E-state index in [0.717, 1.165) is 85.8 Å². The van der Waals surface area contributed by atoms with Crippen LogP contribution in [0.2, 0.25) is 0 Å². The molecule has 6 rings (SSSR count). The Hall–Kier alpha value is -3.37. The van der Waals surface area contributed by atoms with Gasteiger partial charge in [0, 0.05) is 54.1 Å². The molecule has 0 aliphatic carbocycles. The van der Waals surface area contributed by atoms with Crippen LogP contribution in [0.15, 0.2) is 47.1 Å². The Balaban J connectivity index is 0.000000182. The van der Waals surface area contributed by atoms with E-state index in [0.29, 0.717) is 18.4 Å². The molecule has 0 atom stereocenters. The van der Waals surface area contributed by atoms with E-state index in [2.05, 4.69) is 34.7 Å². The second kappa shape index (κ2) is 13.1. The van der Waals surface area contributed by atoms with E-state index in [9.17, 15) is 9.90 Å². The summed E-state index contributed by atoms with van der Waals surface area (Å²) in [5, 5.41) is 20.3. The van der Waals surface area contributed by atoms with Crippen LogP contribution in [-0.4, -0.2) is 82.4 Å². The number of carbonyl (C=O) groups is 1. The summed E-state index contributed by atoms with van der Waals surface area (Å²) < 4.78 is 11.6. The van der Waals surface area contributed by atoms with Gasteiger partial charge in [-0.1, -0.05) is 6.07 Å². The van der Waals surface area contributed by atoms with Gasteiger partial charge in [0.25, 0.3) is 0 Å². The van der Waals surface area contributed by atoms with Crippen molar-refractivity contribution in [2.24, 2.45) is 5.73 Å². The van der Waals surface area contributed by atoms with Crippen molar-refractivity contribution in [1.29, 1.82) is 0 Å². The summed E-state index contributed by atoms with van der Waals surface area (Å²) in [5.74, 6) is -0.353. The molecule has 0 radical (unpaired) electrons. The third kappa shape index (κ3) is 7.29. The number of nitrogens with one attached hydrogen (secondary N) is 1. The fourth-order valence-electron chi connectivity index (χ4n) is 5.57. The maximum atomic E-state index is 11.1. The minimum Gasteiger partial charge on any atom is -0.488 e. The molecule has 5 N–H and O–H groups in total. The molecule has 2 aliphatic rings. The summed E-state index contributed by atoms with van der Waals surface area (Å²) in [6, 6.07) is 11.6. The third-order valence-electron chi connectivity index (χ3n) is 8.43. The number of aromatic nitrogens is 1. The standard InChI is InChI=1S/C20H17NO4.C12H25N3O/c1-11-6-14-13(10-25-19(14)7-12(11)2)9-24-18-5-3-4-16-15(18)8-17(21-16)20(22)23;13-11-1-5-14(6-2-11)9-10-15-7-3-12(16)4-8-15/h3-8,10,21H,9H2,1-2H3,(H,22,23);11-12,16H,1-10,13H2. The normalized spacial score (nSPS) is 17.6. The van der Waals surface area contributed by atoms with E-state index in [1.807, 2.05) is 24.3 Å². The Bertz CT molecular complexity index is 1440. The first-order valence-electron chi connectivity index (χ1n) is 14.6. The number of hydrogen-bond acceptors (Lipinski definition) is 7. The number of aliphatic hydroxyl groups is 1. The molecular formula is C32H42N4O5. The number of aromatic amines is 1. The van der Waals surface area contributed by atoms with Gasteiger partial charge in [-0.3, -0.25) is 0 Å². The van der Waals surface area contributed by atoms with Gasteiger partial charge in [0.05, 0.1) is 12.4 Å². The van der Waals surface area contributed by atoms with Gasteiger partial charge in [-0.2, -0.15) is 0 Å². The monoisotopic (exact) mass is 562 g/mol. The molecule has 2 saturated heterocycles. The third-order valence-corrected chi connectivity index (χ3v) is 8.43. The number of H-pyrrole nitrogens is 1. The molecule has 0 amide bonds. The van der Waals surface area contributed by atoms with Crippen LogP contribution in [-0.2, 0) is 6.61 Å². The van der Waals surface area contributed by atoms with Gasteiger partial charge in [-0.15, -0.1) is 0 Å². The van der Waals surface area contributed by atoms with Gasteiger partial charge in [0.1, 0.15) is 23.6 Å². The van der Waals surface area contributed by atoms with Crippen molar-refractivity contribution in [1.82, 2.24) is 14.8 Å². The number of rotatable bonds is 7. The van der Waals surface area contributed by atoms with Gasteiger partial charge >= 0.3 is 5.97 Å². The molecule has 220 valence electrons. The lowest BCUT2D eigenvalue weighted by Crippen LogP contribution is -2.45. The molecule has 9 heteroatoms. The number of aliphatic hydroxyl groups excluding tert-OH is 1. The molecule has 2 aromatic heterocycles. The maximum absolute atomic E-state index is 11.1. The number of nitrogens with zero attached hydrogens (tertiary/aromatic N) is 2. The van der Waals surface area contributed by atoms with Gasteiger partial charge in [0.2, 0.25) is 0 Å². The smallest absolute Gasteiger partial charge is 0.352 e. The van der Waals surface area contributed by atoms with Gasteiger partial charge in [-0.25, -0.2) is 4.79 Å². The predicted molar refractivity (Wildman–Crippen MR) is 161 cm³/mol. The highest BCUT2D eigenvalue weighted by Gasteiger charge is 2.20. The first-order chi connectivity index (χ1) is 19.8. The Morgan fingerprint density at radius 1 is 1.00 bits per heavy atom. The minimum absolute atomic E-state index is 0.0516. The van der Waals surface area contributed by atoms with Crippen molar-refractivity contribution < 1.29 is 24.2 Å². The lowest BCUT2D eigenvalue weighted by atomic mass is 10.1. The maximum Gasteiger partial charge on any atom is 0.352 e. The summed E-state index contributed by atoms with van der Waals surface area (Å²) in [6.07, 6.45) is 5.86.